The quantitative estimate of drug-likeness (QED) is 0.771. The molecule has 25 heavy (non-hydrogen) atoms. The molecule has 2 aliphatic carbocycles. The molecule has 142 valence electrons. The number of hydrogen-bond donors (Lipinski definition) is 2. The second-order valence-electron chi connectivity index (χ2n) is 8.61. The van der Waals surface area contributed by atoms with Crippen molar-refractivity contribution in [2.24, 2.45) is 11.3 Å². The zero-order chi connectivity index (χ0) is 18.2. The minimum Gasteiger partial charge on any atom is -0.480 e. The van der Waals surface area contributed by atoms with Crippen molar-refractivity contribution in [1.29, 1.82) is 0 Å². The van der Waals surface area contributed by atoms with Gasteiger partial charge in [-0.05, 0) is 38.1 Å². The highest BCUT2D eigenvalue weighted by atomic mass is 16.4. The van der Waals surface area contributed by atoms with Crippen LogP contribution in [0.15, 0.2) is 0 Å². The van der Waals surface area contributed by atoms with E-state index in [1.807, 2.05) is 11.8 Å². The minimum absolute atomic E-state index is 0.0842. The number of rotatable bonds is 6. The average Bonchev–Trinajstić information content (AvgIpc) is 2.96. The summed E-state index contributed by atoms with van der Waals surface area (Å²) in [7, 11) is 0. The first-order valence-electron chi connectivity index (χ1n) is 9.89. The highest BCUT2D eigenvalue weighted by Crippen LogP contribution is 2.52. The molecule has 2 N–H and O–H groups in total. The summed E-state index contributed by atoms with van der Waals surface area (Å²) in [6.45, 7) is 8.19. The van der Waals surface area contributed by atoms with Crippen molar-refractivity contribution in [2.45, 2.75) is 77.4 Å². The maximum Gasteiger partial charge on any atom is 0.317 e. The molecule has 1 atom stereocenters. The minimum atomic E-state index is -0.781. The number of hydrogen-bond acceptors (Lipinski definition) is 3. The fourth-order valence-corrected chi connectivity index (χ4v) is 5.48. The fourth-order valence-electron chi connectivity index (χ4n) is 5.48. The van der Waals surface area contributed by atoms with Gasteiger partial charge < -0.3 is 15.3 Å². The van der Waals surface area contributed by atoms with Crippen LogP contribution in [0.2, 0.25) is 0 Å². The maximum absolute atomic E-state index is 12.7. The number of carbonyl (C=O) groups excluding carboxylic acids is 1. The molecule has 2 saturated carbocycles. The van der Waals surface area contributed by atoms with Crippen LogP contribution in [-0.4, -0.2) is 64.7 Å². The molecular weight excluding hydrogens is 318 g/mol. The van der Waals surface area contributed by atoms with Gasteiger partial charge in [-0.15, -0.1) is 0 Å². The summed E-state index contributed by atoms with van der Waals surface area (Å²) in [5.41, 5.74) is 0.383. The molecule has 2 amide bonds. The lowest BCUT2D eigenvalue weighted by Gasteiger charge is -2.58. The van der Waals surface area contributed by atoms with Crippen LogP contribution in [-0.2, 0) is 4.79 Å². The topological polar surface area (TPSA) is 72.9 Å². The predicted molar refractivity (Wildman–Crippen MR) is 96.5 cm³/mol. The largest absolute Gasteiger partial charge is 0.480 e. The smallest absolute Gasteiger partial charge is 0.317 e. The lowest BCUT2D eigenvalue weighted by molar-refractivity contribution is -0.139. The van der Waals surface area contributed by atoms with Crippen molar-refractivity contribution >= 4 is 12.0 Å². The third kappa shape index (κ3) is 3.50. The van der Waals surface area contributed by atoms with Crippen molar-refractivity contribution in [3.8, 4) is 0 Å². The Balaban J connectivity index is 1.48. The van der Waals surface area contributed by atoms with Crippen LogP contribution >= 0.6 is 0 Å². The molecule has 0 aromatic heterocycles. The number of amides is 2. The zero-order valence-corrected chi connectivity index (χ0v) is 15.8. The van der Waals surface area contributed by atoms with Gasteiger partial charge in [-0.3, -0.25) is 9.69 Å². The molecule has 1 aliphatic heterocycles. The van der Waals surface area contributed by atoms with Gasteiger partial charge in [-0.1, -0.05) is 33.6 Å². The van der Waals surface area contributed by atoms with Gasteiger partial charge in [0, 0.05) is 30.1 Å². The summed E-state index contributed by atoms with van der Waals surface area (Å²) < 4.78 is 0. The molecular formula is C19H33N3O3. The first kappa shape index (κ1) is 18.5. The Kier molecular flexibility index (Phi) is 5.28. The van der Waals surface area contributed by atoms with Gasteiger partial charge in [-0.25, -0.2) is 4.79 Å². The Bertz CT molecular complexity index is 510. The summed E-state index contributed by atoms with van der Waals surface area (Å²) >= 11 is 0. The first-order valence-corrected chi connectivity index (χ1v) is 9.89. The van der Waals surface area contributed by atoms with Crippen LogP contribution in [0.1, 0.15) is 59.3 Å². The van der Waals surface area contributed by atoms with Crippen LogP contribution in [0.25, 0.3) is 0 Å². The summed E-state index contributed by atoms with van der Waals surface area (Å²) in [6.07, 6.45) is 6.87. The number of carboxylic acid groups (broad SMARTS) is 1. The number of likely N-dealkylation sites (tertiary alicyclic amines) is 1. The Morgan fingerprint density at radius 1 is 1.28 bits per heavy atom. The van der Waals surface area contributed by atoms with E-state index in [9.17, 15) is 9.59 Å². The molecule has 3 fully saturated rings. The maximum atomic E-state index is 12.7. The molecule has 1 unspecified atom stereocenters. The summed E-state index contributed by atoms with van der Waals surface area (Å²) in [4.78, 5) is 27.7. The van der Waals surface area contributed by atoms with E-state index < -0.39 is 5.97 Å². The normalized spacial score (nSPS) is 30.4. The van der Waals surface area contributed by atoms with Gasteiger partial charge in [-0.2, -0.15) is 0 Å². The lowest BCUT2D eigenvalue weighted by atomic mass is 9.66. The van der Waals surface area contributed by atoms with Gasteiger partial charge in [0.1, 0.15) is 0 Å². The molecule has 0 radical (unpaired) electrons. The third-order valence-electron chi connectivity index (χ3n) is 6.64. The highest BCUT2D eigenvalue weighted by molar-refractivity contribution is 5.76. The Morgan fingerprint density at radius 2 is 1.92 bits per heavy atom. The van der Waals surface area contributed by atoms with Crippen LogP contribution < -0.4 is 5.32 Å². The first-order chi connectivity index (χ1) is 11.9. The van der Waals surface area contributed by atoms with Gasteiger partial charge >= 0.3 is 12.0 Å². The molecule has 1 saturated heterocycles. The van der Waals surface area contributed by atoms with Crippen molar-refractivity contribution in [3.63, 3.8) is 0 Å². The number of nitrogens with one attached hydrogen (secondary N) is 1. The second kappa shape index (κ2) is 7.14. The van der Waals surface area contributed by atoms with E-state index in [0.29, 0.717) is 17.4 Å². The SMILES string of the molecule is CCN(CC(=O)O)C1CC(NC(=O)N2CC3(CCCC3)C2C(C)C)C1. The van der Waals surface area contributed by atoms with E-state index >= 15 is 0 Å². The summed E-state index contributed by atoms with van der Waals surface area (Å²) in [6, 6.07) is 0.934. The van der Waals surface area contributed by atoms with Crippen LogP contribution in [0, 0.1) is 11.3 Å². The van der Waals surface area contributed by atoms with E-state index in [2.05, 4.69) is 24.1 Å². The van der Waals surface area contributed by atoms with E-state index in [4.69, 9.17) is 5.11 Å². The van der Waals surface area contributed by atoms with Gasteiger partial charge in [0.25, 0.3) is 0 Å². The third-order valence-corrected chi connectivity index (χ3v) is 6.64. The average molecular weight is 351 g/mol. The van der Waals surface area contributed by atoms with Crippen molar-refractivity contribution < 1.29 is 14.7 Å². The monoisotopic (exact) mass is 351 g/mol. The molecule has 0 bridgehead atoms. The highest BCUT2D eigenvalue weighted by Gasteiger charge is 2.56. The van der Waals surface area contributed by atoms with Crippen molar-refractivity contribution in [1.82, 2.24) is 15.1 Å². The van der Waals surface area contributed by atoms with Crippen LogP contribution in [0.3, 0.4) is 0 Å². The Hall–Kier alpha value is -1.30. The van der Waals surface area contributed by atoms with Gasteiger partial charge in [0.2, 0.25) is 0 Å². The lowest BCUT2D eigenvalue weighted by Crippen LogP contribution is -2.70. The van der Waals surface area contributed by atoms with E-state index in [0.717, 1.165) is 25.9 Å². The van der Waals surface area contributed by atoms with E-state index in [1.165, 1.54) is 25.7 Å². The predicted octanol–water partition coefficient (Wildman–Crippen LogP) is 2.53. The Labute approximate surface area is 150 Å². The molecule has 1 spiro atoms. The number of carbonyl (C=O) groups is 2. The molecule has 3 rings (SSSR count). The molecule has 0 aromatic rings. The van der Waals surface area contributed by atoms with Crippen LogP contribution in [0.4, 0.5) is 4.79 Å². The number of urea groups is 1. The summed E-state index contributed by atoms with van der Waals surface area (Å²) in [5.74, 6) is -0.283. The Morgan fingerprint density at radius 3 is 2.44 bits per heavy atom. The standard InChI is InChI=1S/C19H33N3O3/c1-4-21(11-16(23)24)15-9-14(10-15)20-18(25)22-12-19(7-5-6-8-19)17(22)13(2)3/h13-15,17H,4-12H2,1-3H3,(H,20,25)(H,23,24). The van der Waals surface area contributed by atoms with Gasteiger partial charge in [0.15, 0.2) is 0 Å². The number of nitrogens with zero attached hydrogens (tertiary/aromatic N) is 2. The fraction of sp³-hybridized carbons (Fsp3) is 0.895. The second-order valence-corrected chi connectivity index (χ2v) is 8.61. The van der Waals surface area contributed by atoms with Gasteiger partial charge in [0.05, 0.1) is 6.54 Å². The zero-order valence-electron chi connectivity index (χ0n) is 15.8. The molecule has 3 aliphatic rings. The van der Waals surface area contributed by atoms with Crippen LogP contribution in [0.5, 0.6) is 0 Å². The molecule has 6 heteroatoms. The molecule has 0 aromatic carbocycles. The number of carboxylic acids is 1. The molecule has 1 heterocycles. The van der Waals surface area contributed by atoms with E-state index in [-0.39, 0.29) is 24.7 Å². The number of aliphatic carboxylic acids is 1. The van der Waals surface area contributed by atoms with E-state index in [1.54, 1.807) is 0 Å². The van der Waals surface area contributed by atoms with Crippen molar-refractivity contribution in [3.05, 3.63) is 0 Å². The summed E-state index contributed by atoms with van der Waals surface area (Å²) in [5, 5.41) is 12.2. The number of likely N-dealkylation sites (N-methyl/N-ethyl adjacent to an activating group) is 1. The van der Waals surface area contributed by atoms with Crippen molar-refractivity contribution in [2.75, 3.05) is 19.6 Å². The molecule has 6 nitrogen and oxygen atoms in total.